The molecular formula is C14H16BrN3O2. The number of aromatic nitrogens is 2. The van der Waals surface area contributed by atoms with Crippen molar-refractivity contribution in [2.75, 3.05) is 5.32 Å². The van der Waals surface area contributed by atoms with E-state index in [1.54, 1.807) is 12.5 Å². The topological polar surface area (TPSA) is 67.0 Å². The third-order valence-corrected chi connectivity index (χ3v) is 2.90. The Bertz CT molecular complexity index is 603. The first-order valence-corrected chi connectivity index (χ1v) is 6.93. The number of halogens is 1. The molecule has 0 saturated carbocycles. The summed E-state index contributed by atoms with van der Waals surface area (Å²) in [4.78, 5) is 18.9. The van der Waals surface area contributed by atoms with Crippen LogP contribution in [0.4, 0.5) is 10.5 Å². The molecule has 6 heteroatoms. The molecule has 0 aliphatic rings. The number of hydrogen-bond acceptors (Lipinski definition) is 3. The van der Waals surface area contributed by atoms with Gasteiger partial charge in [-0.05, 0) is 39.0 Å². The Labute approximate surface area is 125 Å². The lowest BCUT2D eigenvalue weighted by molar-refractivity contribution is 0.0636. The Kier molecular flexibility index (Phi) is 4.13. The van der Waals surface area contributed by atoms with Gasteiger partial charge in [0.1, 0.15) is 5.60 Å². The molecule has 106 valence electrons. The lowest BCUT2D eigenvalue weighted by Gasteiger charge is -2.20. The number of rotatable bonds is 2. The van der Waals surface area contributed by atoms with Crippen molar-refractivity contribution in [1.82, 2.24) is 9.97 Å². The first-order valence-electron chi connectivity index (χ1n) is 6.13. The first kappa shape index (κ1) is 14.6. The van der Waals surface area contributed by atoms with E-state index in [4.69, 9.17) is 4.74 Å². The molecule has 1 aromatic heterocycles. The van der Waals surface area contributed by atoms with Gasteiger partial charge < -0.3 is 9.72 Å². The minimum Gasteiger partial charge on any atom is -0.444 e. The van der Waals surface area contributed by atoms with Crippen LogP contribution in [-0.4, -0.2) is 21.7 Å². The molecule has 0 aliphatic heterocycles. The van der Waals surface area contributed by atoms with Crippen LogP contribution in [0.5, 0.6) is 0 Å². The number of benzene rings is 1. The fourth-order valence-corrected chi connectivity index (χ4v) is 2.03. The van der Waals surface area contributed by atoms with E-state index in [1.165, 1.54) is 0 Å². The van der Waals surface area contributed by atoms with Crippen LogP contribution in [0.2, 0.25) is 0 Å². The molecule has 2 rings (SSSR count). The zero-order valence-corrected chi connectivity index (χ0v) is 13.1. The van der Waals surface area contributed by atoms with E-state index in [0.717, 1.165) is 15.7 Å². The van der Waals surface area contributed by atoms with Gasteiger partial charge in [0.05, 0.1) is 23.9 Å². The highest BCUT2D eigenvalue weighted by atomic mass is 79.9. The normalized spacial score (nSPS) is 11.2. The Balaban J connectivity index is 2.27. The highest BCUT2D eigenvalue weighted by Gasteiger charge is 2.18. The molecule has 2 N–H and O–H groups in total. The van der Waals surface area contributed by atoms with Crippen LogP contribution in [0.3, 0.4) is 0 Å². The van der Waals surface area contributed by atoms with E-state index in [-0.39, 0.29) is 0 Å². The maximum Gasteiger partial charge on any atom is 0.412 e. The van der Waals surface area contributed by atoms with Crippen molar-refractivity contribution < 1.29 is 9.53 Å². The Morgan fingerprint density at radius 1 is 1.40 bits per heavy atom. The molecule has 0 spiro atoms. The van der Waals surface area contributed by atoms with E-state index < -0.39 is 11.7 Å². The van der Waals surface area contributed by atoms with Gasteiger partial charge in [-0.3, -0.25) is 5.32 Å². The van der Waals surface area contributed by atoms with Crippen molar-refractivity contribution in [2.45, 2.75) is 26.4 Å². The van der Waals surface area contributed by atoms with Crippen molar-refractivity contribution in [3.63, 3.8) is 0 Å². The Morgan fingerprint density at radius 3 is 2.75 bits per heavy atom. The summed E-state index contributed by atoms with van der Waals surface area (Å²) < 4.78 is 6.13. The molecule has 2 aromatic rings. The zero-order chi connectivity index (χ0) is 14.8. The quantitative estimate of drug-likeness (QED) is 0.863. The number of amides is 1. The molecule has 0 bridgehead atoms. The molecule has 1 aromatic carbocycles. The monoisotopic (exact) mass is 337 g/mol. The number of nitrogens with zero attached hydrogens (tertiary/aromatic N) is 1. The lowest BCUT2D eigenvalue weighted by atomic mass is 10.1. The lowest BCUT2D eigenvalue weighted by Crippen LogP contribution is -2.27. The number of carbonyl (C=O) groups excluding carboxylic acids is 1. The predicted octanol–water partition coefficient (Wildman–Crippen LogP) is 4.19. The summed E-state index contributed by atoms with van der Waals surface area (Å²) in [6, 6.07) is 5.61. The van der Waals surface area contributed by atoms with Crippen LogP contribution >= 0.6 is 15.9 Å². The van der Waals surface area contributed by atoms with Crippen molar-refractivity contribution >= 4 is 27.7 Å². The van der Waals surface area contributed by atoms with Crippen LogP contribution in [0.15, 0.2) is 35.2 Å². The summed E-state index contributed by atoms with van der Waals surface area (Å²) in [5.74, 6) is 0. The highest BCUT2D eigenvalue weighted by molar-refractivity contribution is 9.10. The number of nitrogens with one attached hydrogen (secondary N) is 2. The maximum atomic E-state index is 11.9. The largest absolute Gasteiger partial charge is 0.444 e. The Morgan fingerprint density at radius 2 is 2.15 bits per heavy atom. The second-order valence-corrected chi connectivity index (χ2v) is 6.20. The average Bonchev–Trinajstić information content (AvgIpc) is 2.79. The van der Waals surface area contributed by atoms with Gasteiger partial charge >= 0.3 is 6.09 Å². The van der Waals surface area contributed by atoms with Gasteiger partial charge in [-0.1, -0.05) is 15.9 Å². The number of H-pyrrole nitrogens is 1. The average molecular weight is 338 g/mol. The smallest absolute Gasteiger partial charge is 0.412 e. The van der Waals surface area contributed by atoms with Crippen LogP contribution in [0, 0.1) is 0 Å². The minimum absolute atomic E-state index is 0.489. The van der Waals surface area contributed by atoms with Crippen molar-refractivity contribution in [3.8, 4) is 11.3 Å². The van der Waals surface area contributed by atoms with Crippen LogP contribution in [-0.2, 0) is 4.74 Å². The molecule has 0 fully saturated rings. The number of imidazole rings is 1. The molecule has 0 saturated heterocycles. The van der Waals surface area contributed by atoms with Gasteiger partial charge in [-0.15, -0.1) is 0 Å². The van der Waals surface area contributed by atoms with Gasteiger partial charge in [0.15, 0.2) is 0 Å². The summed E-state index contributed by atoms with van der Waals surface area (Å²) in [5, 5.41) is 2.76. The number of hydrogen-bond donors (Lipinski definition) is 2. The van der Waals surface area contributed by atoms with Crippen LogP contribution in [0.1, 0.15) is 20.8 Å². The van der Waals surface area contributed by atoms with E-state index in [9.17, 15) is 4.79 Å². The summed E-state index contributed by atoms with van der Waals surface area (Å²) in [5.41, 5.74) is 1.78. The van der Waals surface area contributed by atoms with Crippen LogP contribution in [0.25, 0.3) is 11.3 Å². The molecule has 5 nitrogen and oxygen atoms in total. The van der Waals surface area contributed by atoms with Gasteiger partial charge in [0.2, 0.25) is 0 Å². The van der Waals surface area contributed by atoms with E-state index >= 15 is 0 Å². The SMILES string of the molecule is CC(C)(C)OC(=O)Nc1cc(Br)ccc1-c1cnc[nH]1. The predicted molar refractivity (Wildman–Crippen MR) is 81.6 cm³/mol. The molecule has 20 heavy (non-hydrogen) atoms. The molecule has 0 atom stereocenters. The molecule has 0 radical (unpaired) electrons. The maximum absolute atomic E-state index is 11.9. The summed E-state index contributed by atoms with van der Waals surface area (Å²) in [7, 11) is 0. The Hall–Kier alpha value is -1.82. The molecule has 0 unspecified atom stereocenters. The highest BCUT2D eigenvalue weighted by Crippen LogP contribution is 2.29. The minimum atomic E-state index is -0.537. The number of anilines is 1. The van der Waals surface area contributed by atoms with E-state index in [1.807, 2.05) is 39.0 Å². The van der Waals surface area contributed by atoms with Crippen LogP contribution < -0.4 is 5.32 Å². The molecule has 1 heterocycles. The third-order valence-electron chi connectivity index (χ3n) is 2.41. The zero-order valence-electron chi connectivity index (χ0n) is 11.5. The standard InChI is InChI=1S/C14H16BrN3O2/c1-14(2,3)20-13(19)18-11-6-9(15)4-5-10(11)12-7-16-8-17-12/h4-8H,1-3H3,(H,16,17)(H,18,19). The van der Waals surface area contributed by atoms with E-state index in [2.05, 4.69) is 31.2 Å². The van der Waals surface area contributed by atoms with Crippen molar-refractivity contribution in [3.05, 3.63) is 35.2 Å². The number of aromatic amines is 1. The third kappa shape index (κ3) is 3.84. The second-order valence-electron chi connectivity index (χ2n) is 5.28. The summed E-state index contributed by atoms with van der Waals surface area (Å²) >= 11 is 3.39. The first-order chi connectivity index (χ1) is 9.35. The second kappa shape index (κ2) is 5.66. The number of ether oxygens (including phenoxy) is 1. The fraction of sp³-hybridized carbons (Fsp3) is 0.286. The van der Waals surface area contributed by atoms with Crippen molar-refractivity contribution in [2.24, 2.45) is 0 Å². The number of carbonyl (C=O) groups is 1. The van der Waals surface area contributed by atoms with Gasteiger partial charge in [0, 0.05) is 10.0 Å². The summed E-state index contributed by atoms with van der Waals surface area (Å²) in [6.45, 7) is 5.47. The van der Waals surface area contributed by atoms with Gasteiger partial charge in [-0.2, -0.15) is 0 Å². The molecular weight excluding hydrogens is 322 g/mol. The molecule has 1 amide bonds. The fourth-order valence-electron chi connectivity index (χ4n) is 1.67. The van der Waals surface area contributed by atoms with Gasteiger partial charge in [-0.25, -0.2) is 9.78 Å². The van der Waals surface area contributed by atoms with Crippen molar-refractivity contribution in [1.29, 1.82) is 0 Å². The molecule has 0 aliphatic carbocycles. The summed E-state index contributed by atoms with van der Waals surface area (Å²) in [6.07, 6.45) is 2.80. The van der Waals surface area contributed by atoms with E-state index in [0.29, 0.717) is 5.69 Å². The van der Waals surface area contributed by atoms with Gasteiger partial charge in [0.25, 0.3) is 0 Å².